The Morgan fingerprint density at radius 1 is 1.25 bits per heavy atom. The molecule has 0 heterocycles. The molecule has 0 aliphatic carbocycles. The van der Waals surface area contributed by atoms with Crippen LogP contribution in [0.15, 0.2) is 24.3 Å². The van der Waals surface area contributed by atoms with Gasteiger partial charge in [0.2, 0.25) is 0 Å². The van der Waals surface area contributed by atoms with Gasteiger partial charge in [-0.05, 0) is 25.3 Å². The Labute approximate surface area is 74.1 Å². The highest BCUT2D eigenvalue weighted by Crippen LogP contribution is 2.07. The molecular weight excluding hydrogens is 148 g/mol. The van der Waals surface area contributed by atoms with Crippen LogP contribution < -0.4 is 0 Å². The molecule has 0 aliphatic heterocycles. The minimum Gasteiger partial charge on any atom is -0.393 e. The van der Waals surface area contributed by atoms with Crippen molar-refractivity contribution in [3.05, 3.63) is 35.4 Å². The van der Waals surface area contributed by atoms with Gasteiger partial charge in [0.05, 0.1) is 6.10 Å². The number of aliphatic hydroxyl groups excluding tert-OH is 1. The van der Waals surface area contributed by atoms with Gasteiger partial charge in [-0.15, -0.1) is 0 Å². The van der Waals surface area contributed by atoms with Crippen molar-refractivity contribution >= 4 is 0 Å². The van der Waals surface area contributed by atoms with Gasteiger partial charge in [0, 0.05) is 0 Å². The molecule has 1 aromatic carbocycles. The second-order valence-corrected chi connectivity index (χ2v) is 3.25. The maximum absolute atomic E-state index is 9.38. The lowest BCUT2D eigenvalue weighted by Gasteiger charge is -2.07. The zero-order valence-corrected chi connectivity index (χ0v) is 7.75. The normalized spacial score (nSPS) is 12.9. The van der Waals surface area contributed by atoms with Crippen LogP contribution in [0.4, 0.5) is 0 Å². The van der Waals surface area contributed by atoms with E-state index in [-0.39, 0.29) is 6.10 Å². The Balaban J connectivity index is 2.58. The first kappa shape index (κ1) is 9.27. The molecule has 0 spiro atoms. The van der Waals surface area contributed by atoms with Crippen molar-refractivity contribution in [2.45, 2.75) is 32.8 Å². The van der Waals surface area contributed by atoms with Crippen LogP contribution in [-0.2, 0) is 6.42 Å². The van der Waals surface area contributed by atoms with Gasteiger partial charge in [0.25, 0.3) is 0 Å². The molecule has 0 bridgehead atoms. The Hall–Kier alpha value is -0.820. The summed E-state index contributed by atoms with van der Waals surface area (Å²) < 4.78 is 0. The molecule has 12 heavy (non-hydrogen) atoms. The average Bonchev–Trinajstić information content (AvgIpc) is 2.09. The van der Waals surface area contributed by atoms with Gasteiger partial charge in [0.15, 0.2) is 0 Å². The van der Waals surface area contributed by atoms with Crippen LogP contribution in [0.2, 0.25) is 0 Å². The molecule has 0 saturated carbocycles. The van der Waals surface area contributed by atoms with Gasteiger partial charge in [-0.25, -0.2) is 0 Å². The van der Waals surface area contributed by atoms with Gasteiger partial charge in [0.1, 0.15) is 0 Å². The highest BCUT2D eigenvalue weighted by Gasteiger charge is 2.01. The molecule has 0 unspecified atom stereocenters. The van der Waals surface area contributed by atoms with E-state index in [0.717, 1.165) is 12.8 Å². The van der Waals surface area contributed by atoms with Crippen molar-refractivity contribution in [2.24, 2.45) is 0 Å². The Morgan fingerprint density at radius 2 is 1.83 bits per heavy atom. The van der Waals surface area contributed by atoms with Crippen LogP contribution in [0, 0.1) is 6.92 Å². The van der Waals surface area contributed by atoms with E-state index in [0.29, 0.717) is 0 Å². The summed E-state index contributed by atoms with van der Waals surface area (Å²) in [6.07, 6.45) is 1.41. The number of aryl methyl sites for hydroxylation is 1. The van der Waals surface area contributed by atoms with Crippen molar-refractivity contribution in [2.75, 3.05) is 0 Å². The van der Waals surface area contributed by atoms with Gasteiger partial charge >= 0.3 is 0 Å². The fraction of sp³-hybridized carbons (Fsp3) is 0.455. The summed E-state index contributed by atoms with van der Waals surface area (Å²) in [7, 11) is 0. The first-order valence-corrected chi connectivity index (χ1v) is 4.46. The molecule has 0 aromatic heterocycles. The summed E-state index contributed by atoms with van der Waals surface area (Å²) in [5.41, 5.74) is 2.49. The predicted molar refractivity (Wildman–Crippen MR) is 51.2 cm³/mol. The molecule has 1 nitrogen and oxygen atoms in total. The highest BCUT2D eigenvalue weighted by molar-refractivity contribution is 5.21. The molecule has 1 N–H and O–H groups in total. The first-order valence-electron chi connectivity index (χ1n) is 4.46. The Kier molecular flexibility index (Phi) is 3.30. The molecule has 0 saturated heterocycles. The van der Waals surface area contributed by atoms with Gasteiger partial charge in [-0.1, -0.05) is 36.8 Å². The van der Waals surface area contributed by atoms with Crippen LogP contribution >= 0.6 is 0 Å². The van der Waals surface area contributed by atoms with Crippen LogP contribution in [0.3, 0.4) is 0 Å². The molecule has 1 rings (SSSR count). The molecular formula is C11H16O. The molecule has 1 atom stereocenters. The summed E-state index contributed by atoms with van der Waals surface area (Å²) in [5, 5.41) is 9.38. The standard InChI is InChI=1S/C11H16O/c1-3-11(12)8-10-6-4-9(2)5-7-10/h4-7,11-12H,3,8H2,1-2H3/t11-/m1/s1. The molecule has 0 amide bonds. The van der Waals surface area contributed by atoms with E-state index in [1.165, 1.54) is 11.1 Å². The lowest BCUT2D eigenvalue weighted by atomic mass is 10.1. The summed E-state index contributed by atoms with van der Waals surface area (Å²) in [6.45, 7) is 4.07. The van der Waals surface area contributed by atoms with Crippen molar-refractivity contribution in [3.8, 4) is 0 Å². The number of hydrogen-bond donors (Lipinski definition) is 1. The maximum atomic E-state index is 9.38. The lowest BCUT2D eigenvalue weighted by Crippen LogP contribution is -2.07. The number of benzene rings is 1. The highest BCUT2D eigenvalue weighted by atomic mass is 16.3. The average molecular weight is 164 g/mol. The van der Waals surface area contributed by atoms with Crippen LogP contribution in [-0.4, -0.2) is 11.2 Å². The van der Waals surface area contributed by atoms with E-state index in [1.807, 2.05) is 6.92 Å². The second kappa shape index (κ2) is 4.27. The van der Waals surface area contributed by atoms with E-state index >= 15 is 0 Å². The maximum Gasteiger partial charge on any atom is 0.0577 e. The molecule has 1 aromatic rings. The van der Waals surface area contributed by atoms with Crippen LogP contribution in [0.5, 0.6) is 0 Å². The Bertz CT molecular complexity index is 225. The fourth-order valence-electron chi connectivity index (χ4n) is 1.14. The SMILES string of the molecule is CC[C@@H](O)Cc1ccc(C)cc1. The molecule has 66 valence electrons. The third-order valence-electron chi connectivity index (χ3n) is 2.06. The van der Waals surface area contributed by atoms with E-state index < -0.39 is 0 Å². The summed E-state index contributed by atoms with van der Waals surface area (Å²) in [6, 6.07) is 8.32. The second-order valence-electron chi connectivity index (χ2n) is 3.25. The molecule has 0 aliphatic rings. The quantitative estimate of drug-likeness (QED) is 0.726. The first-order chi connectivity index (χ1) is 5.72. The predicted octanol–water partition coefficient (Wildman–Crippen LogP) is 2.31. The summed E-state index contributed by atoms with van der Waals surface area (Å²) in [5.74, 6) is 0. The molecule has 0 fully saturated rings. The molecule has 0 radical (unpaired) electrons. The Morgan fingerprint density at radius 3 is 2.33 bits per heavy atom. The van der Waals surface area contributed by atoms with E-state index in [1.54, 1.807) is 0 Å². The fourth-order valence-corrected chi connectivity index (χ4v) is 1.14. The third kappa shape index (κ3) is 2.67. The largest absolute Gasteiger partial charge is 0.393 e. The smallest absolute Gasteiger partial charge is 0.0577 e. The minimum atomic E-state index is -0.187. The molecule has 1 heteroatoms. The summed E-state index contributed by atoms with van der Waals surface area (Å²) >= 11 is 0. The van der Waals surface area contributed by atoms with Crippen LogP contribution in [0.1, 0.15) is 24.5 Å². The monoisotopic (exact) mass is 164 g/mol. The topological polar surface area (TPSA) is 20.2 Å². The van der Waals surface area contributed by atoms with E-state index in [4.69, 9.17) is 0 Å². The minimum absolute atomic E-state index is 0.187. The van der Waals surface area contributed by atoms with E-state index in [2.05, 4.69) is 31.2 Å². The van der Waals surface area contributed by atoms with Crippen molar-refractivity contribution in [3.63, 3.8) is 0 Å². The number of rotatable bonds is 3. The van der Waals surface area contributed by atoms with Crippen molar-refractivity contribution in [1.29, 1.82) is 0 Å². The third-order valence-corrected chi connectivity index (χ3v) is 2.06. The number of aliphatic hydroxyl groups is 1. The zero-order chi connectivity index (χ0) is 8.97. The van der Waals surface area contributed by atoms with Gasteiger partial charge < -0.3 is 5.11 Å². The van der Waals surface area contributed by atoms with Crippen LogP contribution in [0.25, 0.3) is 0 Å². The lowest BCUT2D eigenvalue weighted by molar-refractivity contribution is 0.171. The zero-order valence-electron chi connectivity index (χ0n) is 7.75. The van der Waals surface area contributed by atoms with Gasteiger partial charge in [-0.2, -0.15) is 0 Å². The van der Waals surface area contributed by atoms with Gasteiger partial charge in [-0.3, -0.25) is 0 Å². The van der Waals surface area contributed by atoms with Crippen molar-refractivity contribution in [1.82, 2.24) is 0 Å². The summed E-state index contributed by atoms with van der Waals surface area (Å²) in [4.78, 5) is 0. The van der Waals surface area contributed by atoms with E-state index in [9.17, 15) is 5.11 Å². The van der Waals surface area contributed by atoms with Crippen molar-refractivity contribution < 1.29 is 5.11 Å². The number of hydrogen-bond acceptors (Lipinski definition) is 1.